The number of benzene rings is 1. The van der Waals surface area contributed by atoms with Gasteiger partial charge in [-0.3, -0.25) is 14.9 Å². The monoisotopic (exact) mass is 294 g/mol. The molecule has 0 aliphatic heterocycles. The van der Waals surface area contributed by atoms with Gasteiger partial charge in [0, 0.05) is 17.8 Å². The molecule has 0 aliphatic rings. The van der Waals surface area contributed by atoms with E-state index in [2.05, 4.69) is 10.3 Å². The molecule has 0 radical (unpaired) electrons. The van der Waals surface area contributed by atoms with Gasteiger partial charge in [-0.1, -0.05) is 0 Å². The number of nitrogens with zero attached hydrogens (tertiary/aromatic N) is 2. The lowest BCUT2D eigenvalue weighted by atomic mass is 10.2. The summed E-state index contributed by atoms with van der Waals surface area (Å²) in [7, 11) is 0. The number of anilines is 2. The third-order valence-corrected chi connectivity index (χ3v) is 2.53. The maximum absolute atomic E-state index is 13.4. The van der Waals surface area contributed by atoms with E-state index in [9.17, 15) is 23.7 Å². The van der Waals surface area contributed by atoms with Crippen LogP contribution in [0.3, 0.4) is 0 Å². The van der Waals surface area contributed by atoms with Crippen LogP contribution in [0.25, 0.3) is 0 Å². The summed E-state index contributed by atoms with van der Waals surface area (Å²) in [6, 6.07) is 3.69. The van der Waals surface area contributed by atoms with Crippen LogP contribution in [-0.2, 0) is 0 Å². The molecule has 0 spiro atoms. The Labute approximate surface area is 116 Å². The number of aromatic nitrogens is 1. The van der Waals surface area contributed by atoms with Crippen LogP contribution in [0.1, 0.15) is 10.4 Å². The highest BCUT2D eigenvalue weighted by molar-refractivity contribution is 6.07. The Morgan fingerprint density at radius 3 is 2.67 bits per heavy atom. The minimum Gasteiger partial charge on any atom is -0.383 e. The molecule has 1 heterocycles. The Balaban J connectivity index is 2.26. The van der Waals surface area contributed by atoms with Gasteiger partial charge in [-0.25, -0.2) is 9.37 Å². The van der Waals surface area contributed by atoms with Gasteiger partial charge < -0.3 is 11.1 Å². The van der Waals surface area contributed by atoms with Crippen molar-refractivity contribution in [3.63, 3.8) is 0 Å². The number of amides is 1. The number of nitrogens with one attached hydrogen (secondary N) is 1. The Hall–Kier alpha value is -3.10. The molecule has 0 fully saturated rings. The molecule has 2 aromatic rings. The summed E-state index contributed by atoms with van der Waals surface area (Å²) in [6.07, 6.45) is 0.845. The summed E-state index contributed by atoms with van der Waals surface area (Å²) in [6.45, 7) is 0. The lowest BCUT2D eigenvalue weighted by Crippen LogP contribution is -2.15. The first-order chi connectivity index (χ1) is 9.88. The topological polar surface area (TPSA) is 111 Å². The predicted octanol–water partition coefficient (Wildman–Crippen LogP) is 2.10. The maximum Gasteiger partial charge on any atom is 0.304 e. The Kier molecular flexibility index (Phi) is 3.74. The van der Waals surface area contributed by atoms with Crippen LogP contribution in [0.15, 0.2) is 30.5 Å². The maximum atomic E-state index is 13.4. The molecule has 1 aromatic heterocycles. The lowest BCUT2D eigenvalue weighted by Gasteiger charge is -2.07. The standard InChI is InChI=1S/C12H8F2N4O3/c13-6-3-8(11(15)16-5-6)12(19)17-7-1-2-10(18(20)21)9(14)4-7/h1-5H,(H2,15,16)(H,17,19). The van der Waals surface area contributed by atoms with Gasteiger partial charge in [0.15, 0.2) is 0 Å². The largest absolute Gasteiger partial charge is 0.383 e. The number of hydrogen-bond donors (Lipinski definition) is 2. The fourth-order valence-corrected chi connectivity index (χ4v) is 1.56. The van der Waals surface area contributed by atoms with Crippen molar-refractivity contribution >= 4 is 23.1 Å². The third-order valence-electron chi connectivity index (χ3n) is 2.53. The minimum absolute atomic E-state index is 0.0354. The van der Waals surface area contributed by atoms with Gasteiger partial charge in [0.25, 0.3) is 5.91 Å². The van der Waals surface area contributed by atoms with E-state index in [1.165, 1.54) is 0 Å². The van der Waals surface area contributed by atoms with Crippen LogP contribution in [0.2, 0.25) is 0 Å². The molecule has 9 heteroatoms. The van der Waals surface area contributed by atoms with Gasteiger partial charge in [0.05, 0.1) is 16.7 Å². The van der Waals surface area contributed by atoms with E-state index in [1.54, 1.807) is 0 Å². The van der Waals surface area contributed by atoms with Crippen LogP contribution < -0.4 is 11.1 Å². The second kappa shape index (κ2) is 5.49. The first kappa shape index (κ1) is 14.3. The summed E-state index contributed by atoms with van der Waals surface area (Å²) >= 11 is 0. The number of carbonyl (C=O) groups excluding carboxylic acids is 1. The number of rotatable bonds is 3. The molecule has 1 aromatic carbocycles. The fourth-order valence-electron chi connectivity index (χ4n) is 1.56. The number of nitrogens with two attached hydrogens (primary N) is 1. The van der Waals surface area contributed by atoms with Crippen molar-refractivity contribution in [2.45, 2.75) is 0 Å². The number of halogens is 2. The molecule has 0 saturated heterocycles. The van der Waals surface area contributed by atoms with Crippen LogP contribution in [0.4, 0.5) is 26.0 Å². The zero-order chi connectivity index (χ0) is 15.6. The van der Waals surface area contributed by atoms with E-state index in [-0.39, 0.29) is 17.1 Å². The molecule has 0 bridgehead atoms. The highest BCUT2D eigenvalue weighted by Gasteiger charge is 2.16. The van der Waals surface area contributed by atoms with E-state index >= 15 is 0 Å². The van der Waals surface area contributed by atoms with E-state index in [1.807, 2.05) is 0 Å². The second-order valence-electron chi connectivity index (χ2n) is 3.96. The minimum atomic E-state index is -1.11. The molecule has 0 atom stereocenters. The zero-order valence-electron chi connectivity index (χ0n) is 10.3. The van der Waals surface area contributed by atoms with Crippen molar-refractivity contribution in [2.24, 2.45) is 0 Å². The molecule has 0 unspecified atom stereocenters. The van der Waals surface area contributed by atoms with E-state index in [0.717, 1.165) is 30.5 Å². The van der Waals surface area contributed by atoms with Crippen molar-refractivity contribution in [1.82, 2.24) is 4.98 Å². The van der Waals surface area contributed by atoms with Crippen molar-refractivity contribution < 1.29 is 18.5 Å². The molecule has 3 N–H and O–H groups in total. The third kappa shape index (κ3) is 3.08. The van der Waals surface area contributed by atoms with Crippen molar-refractivity contribution in [1.29, 1.82) is 0 Å². The molecule has 7 nitrogen and oxygen atoms in total. The molecule has 0 aliphatic carbocycles. The van der Waals surface area contributed by atoms with E-state index in [0.29, 0.717) is 0 Å². The summed E-state index contributed by atoms with van der Waals surface area (Å²) in [5.74, 6) is -2.88. The molecule has 2 rings (SSSR count). The van der Waals surface area contributed by atoms with Crippen LogP contribution >= 0.6 is 0 Å². The lowest BCUT2D eigenvalue weighted by molar-refractivity contribution is -0.387. The zero-order valence-corrected chi connectivity index (χ0v) is 10.3. The van der Waals surface area contributed by atoms with Crippen LogP contribution in [0.5, 0.6) is 0 Å². The quantitative estimate of drug-likeness (QED) is 0.665. The summed E-state index contributed by atoms with van der Waals surface area (Å²) < 4.78 is 26.4. The molecule has 108 valence electrons. The van der Waals surface area contributed by atoms with Gasteiger partial charge in [-0.2, -0.15) is 4.39 Å². The number of nitrogen functional groups attached to an aromatic ring is 1. The number of nitro groups is 1. The Morgan fingerprint density at radius 1 is 1.33 bits per heavy atom. The van der Waals surface area contributed by atoms with Crippen LogP contribution in [-0.4, -0.2) is 15.8 Å². The van der Waals surface area contributed by atoms with Gasteiger partial charge in [-0.05, 0) is 12.1 Å². The first-order valence-corrected chi connectivity index (χ1v) is 5.55. The highest BCUT2D eigenvalue weighted by atomic mass is 19.1. The Bertz CT molecular complexity index is 736. The van der Waals surface area contributed by atoms with Crippen molar-refractivity contribution in [2.75, 3.05) is 11.1 Å². The number of hydrogen-bond acceptors (Lipinski definition) is 5. The molecule has 1 amide bonds. The normalized spacial score (nSPS) is 10.2. The number of pyridine rings is 1. The number of nitro benzene ring substituents is 1. The predicted molar refractivity (Wildman–Crippen MR) is 69.6 cm³/mol. The summed E-state index contributed by atoms with van der Waals surface area (Å²) in [5.41, 5.74) is 4.45. The molecular weight excluding hydrogens is 286 g/mol. The van der Waals surface area contributed by atoms with Crippen molar-refractivity contribution in [3.05, 3.63) is 57.8 Å². The SMILES string of the molecule is Nc1ncc(F)cc1C(=O)Nc1ccc([N+](=O)[O-])c(F)c1. The van der Waals surface area contributed by atoms with Gasteiger partial charge in [0.2, 0.25) is 5.82 Å². The van der Waals surface area contributed by atoms with Crippen LogP contribution in [0, 0.1) is 21.7 Å². The number of carbonyl (C=O) groups is 1. The van der Waals surface area contributed by atoms with E-state index < -0.39 is 28.2 Å². The fraction of sp³-hybridized carbons (Fsp3) is 0. The van der Waals surface area contributed by atoms with Crippen molar-refractivity contribution in [3.8, 4) is 0 Å². The average molecular weight is 294 g/mol. The van der Waals surface area contributed by atoms with Gasteiger partial charge in [0.1, 0.15) is 11.6 Å². The smallest absolute Gasteiger partial charge is 0.304 e. The first-order valence-electron chi connectivity index (χ1n) is 5.55. The van der Waals surface area contributed by atoms with E-state index in [4.69, 9.17) is 5.73 Å². The second-order valence-corrected chi connectivity index (χ2v) is 3.96. The summed E-state index contributed by atoms with van der Waals surface area (Å²) in [4.78, 5) is 24.9. The highest BCUT2D eigenvalue weighted by Crippen LogP contribution is 2.21. The average Bonchev–Trinajstić information content (AvgIpc) is 2.41. The molecule has 0 saturated carbocycles. The summed E-state index contributed by atoms with van der Waals surface area (Å²) in [5, 5.41) is 12.7. The van der Waals surface area contributed by atoms with Gasteiger partial charge in [-0.15, -0.1) is 0 Å². The van der Waals surface area contributed by atoms with Gasteiger partial charge >= 0.3 is 5.69 Å². The molecular formula is C12H8F2N4O3. The molecule has 21 heavy (non-hydrogen) atoms. The Morgan fingerprint density at radius 2 is 2.05 bits per heavy atom.